The molecule has 0 spiro atoms. The number of aromatic nitrogens is 2. The van der Waals surface area contributed by atoms with Gasteiger partial charge in [0.1, 0.15) is 10.5 Å². The van der Waals surface area contributed by atoms with Gasteiger partial charge in [0.25, 0.3) is 0 Å². The maximum atomic E-state index is 12.2. The number of thioether (sulfide) groups is 1. The Morgan fingerprint density at radius 1 is 1.08 bits per heavy atom. The van der Waals surface area contributed by atoms with Gasteiger partial charge in [-0.15, -0.1) is 11.8 Å². The molecule has 0 amide bonds. The average molecular weight is 533 g/mol. The van der Waals surface area contributed by atoms with Crippen molar-refractivity contribution in [1.82, 2.24) is 14.0 Å². The fourth-order valence-corrected chi connectivity index (χ4v) is 4.57. The van der Waals surface area contributed by atoms with Crippen molar-refractivity contribution in [3.8, 4) is 0 Å². The molecule has 198 valence electrons. The Morgan fingerprint density at radius 2 is 1.72 bits per heavy atom. The number of benzene rings is 1. The lowest BCUT2D eigenvalue weighted by Gasteiger charge is -2.26. The number of aryl methyl sites for hydroxylation is 1. The monoisotopic (exact) mass is 532 g/mol. The van der Waals surface area contributed by atoms with Gasteiger partial charge in [0.05, 0.1) is 24.0 Å². The number of nitrogens with zero attached hydrogens (tertiary/aromatic N) is 4. The first-order valence-corrected chi connectivity index (χ1v) is 13.9. The first-order chi connectivity index (χ1) is 17.1. The van der Waals surface area contributed by atoms with Gasteiger partial charge in [0.15, 0.2) is 5.78 Å². The Kier molecular flexibility index (Phi) is 12.8. The Hall–Kier alpha value is -2.07. The van der Waals surface area contributed by atoms with Crippen LogP contribution in [0.5, 0.6) is 0 Å². The lowest BCUT2D eigenvalue weighted by Crippen LogP contribution is -2.36. The quantitative estimate of drug-likeness (QED) is 0.152. The molecule has 1 aliphatic rings. The summed E-state index contributed by atoms with van der Waals surface area (Å²) in [6.07, 6.45) is 4.05. The fourth-order valence-electron chi connectivity index (χ4n) is 3.74. The van der Waals surface area contributed by atoms with Gasteiger partial charge in [-0.1, -0.05) is 61.8 Å². The zero-order valence-corrected chi connectivity index (χ0v) is 24.1. The molecule has 0 N–H and O–H groups in total. The Morgan fingerprint density at radius 3 is 2.33 bits per heavy atom. The fraction of sp³-hybridized carbons (Fsp3) is 0.556. The van der Waals surface area contributed by atoms with Gasteiger partial charge in [-0.3, -0.25) is 18.8 Å². The van der Waals surface area contributed by atoms with Gasteiger partial charge < -0.3 is 4.74 Å². The van der Waals surface area contributed by atoms with Gasteiger partial charge in [0.2, 0.25) is 0 Å². The van der Waals surface area contributed by atoms with Crippen LogP contribution in [0.25, 0.3) is 0 Å². The van der Waals surface area contributed by atoms with E-state index in [1.165, 1.54) is 46.7 Å². The lowest BCUT2D eigenvalue weighted by atomic mass is 10.1. The number of ketones is 1. The number of carbonyl (C=O) groups is 1. The minimum atomic E-state index is -0.220. The van der Waals surface area contributed by atoms with Gasteiger partial charge in [-0.2, -0.15) is 0 Å². The second-order valence-electron chi connectivity index (χ2n) is 9.02. The van der Waals surface area contributed by atoms with E-state index in [4.69, 9.17) is 17.0 Å². The number of unbranched alkanes of at least 4 members (excludes halogenated alkanes) is 2. The van der Waals surface area contributed by atoms with Crippen molar-refractivity contribution in [3.05, 3.63) is 56.1 Å². The molecule has 0 atom stereocenters. The molecular weight excluding hydrogens is 492 g/mol. The van der Waals surface area contributed by atoms with E-state index in [0.717, 1.165) is 37.4 Å². The van der Waals surface area contributed by atoms with Gasteiger partial charge in [-0.25, -0.2) is 9.79 Å². The van der Waals surface area contributed by atoms with Crippen LogP contribution in [0.2, 0.25) is 0 Å². The largest absolute Gasteiger partial charge is 0.379 e. The Bertz CT molecular complexity index is 1110. The summed E-state index contributed by atoms with van der Waals surface area (Å²) >= 11 is 6.64. The summed E-state index contributed by atoms with van der Waals surface area (Å²) in [7, 11) is 3.31. The average Bonchev–Trinajstić information content (AvgIpc) is 2.89. The van der Waals surface area contributed by atoms with Crippen molar-refractivity contribution in [1.29, 1.82) is 0 Å². The molecule has 7 nitrogen and oxygen atoms in total. The van der Waals surface area contributed by atoms with Crippen molar-refractivity contribution < 1.29 is 9.53 Å². The molecule has 0 unspecified atom stereocenters. The van der Waals surface area contributed by atoms with Crippen molar-refractivity contribution >= 4 is 40.6 Å². The summed E-state index contributed by atoms with van der Waals surface area (Å²) in [5.74, 6) is 0.877. The Labute approximate surface area is 224 Å². The molecule has 36 heavy (non-hydrogen) atoms. The number of morpholine rings is 1. The maximum Gasteiger partial charge on any atom is 0.330 e. The summed E-state index contributed by atoms with van der Waals surface area (Å²) in [6, 6.07) is 7.51. The molecule has 1 saturated heterocycles. The number of Topliss-reactive ketones (excluding diaryl/α,β-unsaturated/α-hetero) is 1. The van der Waals surface area contributed by atoms with E-state index >= 15 is 0 Å². The Balaban J connectivity index is 0.000000346. The lowest BCUT2D eigenvalue weighted by molar-refractivity contribution is 0.0372. The number of hydrogen-bond donors (Lipinski definition) is 0. The normalized spacial score (nSPS) is 14.3. The molecule has 0 aliphatic carbocycles. The number of rotatable bonds is 8. The molecule has 0 saturated carbocycles. The molecule has 0 radical (unpaired) electrons. The van der Waals surface area contributed by atoms with Crippen molar-refractivity contribution in [2.45, 2.75) is 47.0 Å². The number of ether oxygens (including phenoxy) is 1. The first kappa shape index (κ1) is 30.2. The highest BCUT2D eigenvalue weighted by Crippen LogP contribution is 2.20. The SMILES string of the molecule is C/C(=N\c1c(C)c(=S)n(C)c(=O)n1C)SCC(=O)c1ccc(C)cc1.CCCCCN1CCOCC1. The standard InChI is InChI=1S/C18H21N3O2S2.C9H19NO/c1-11-6-8-14(9-7-11)15(22)10-25-13(3)19-16-12(2)17(24)21(5)18(23)20(16)4;1-2-3-4-5-10-6-8-11-9-7-10/h6-9H,10H2,1-5H3;2-9H2,1H3/b19-13+;. The third-order valence-corrected chi connectivity index (χ3v) is 7.58. The molecular formula is C27H40N4O3S2. The first-order valence-electron chi connectivity index (χ1n) is 12.5. The van der Waals surface area contributed by atoms with Crippen LogP contribution < -0.4 is 5.69 Å². The van der Waals surface area contributed by atoms with E-state index in [1.54, 1.807) is 14.1 Å². The predicted molar refractivity (Wildman–Crippen MR) is 154 cm³/mol. The van der Waals surface area contributed by atoms with Crippen LogP contribution in [0, 0.1) is 18.5 Å². The summed E-state index contributed by atoms with van der Waals surface area (Å²) < 4.78 is 8.63. The van der Waals surface area contributed by atoms with E-state index in [9.17, 15) is 9.59 Å². The van der Waals surface area contributed by atoms with Crippen LogP contribution in [-0.4, -0.2) is 63.5 Å². The van der Waals surface area contributed by atoms with Gasteiger partial charge in [0, 0.05) is 38.3 Å². The van der Waals surface area contributed by atoms with E-state index < -0.39 is 0 Å². The third-order valence-electron chi connectivity index (χ3n) is 6.08. The van der Waals surface area contributed by atoms with Crippen LogP contribution in [-0.2, 0) is 18.8 Å². The van der Waals surface area contributed by atoms with Crippen molar-refractivity contribution in [3.63, 3.8) is 0 Å². The highest BCUT2D eigenvalue weighted by molar-refractivity contribution is 8.14. The second-order valence-corrected chi connectivity index (χ2v) is 10.6. The molecule has 1 aromatic carbocycles. The topological polar surface area (TPSA) is 68.8 Å². The second kappa shape index (κ2) is 15.2. The van der Waals surface area contributed by atoms with Crippen LogP contribution in [0.4, 0.5) is 5.82 Å². The van der Waals surface area contributed by atoms with Gasteiger partial charge in [-0.05, 0) is 33.7 Å². The molecule has 2 aromatic rings. The van der Waals surface area contributed by atoms with Gasteiger partial charge >= 0.3 is 5.69 Å². The van der Waals surface area contributed by atoms with E-state index in [0.29, 0.717) is 26.8 Å². The summed E-state index contributed by atoms with van der Waals surface area (Å²) in [5.41, 5.74) is 2.36. The molecule has 1 fully saturated rings. The smallest absolute Gasteiger partial charge is 0.330 e. The van der Waals surface area contributed by atoms with Crippen LogP contribution in [0.3, 0.4) is 0 Å². The highest BCUT2D eigenvalue weighted by atomic mass is 32.2. The molecule has 2 heterocycles. The van der Waals surface area contributed by atoms with Crippen LogP contribution >= 0.6 is 24.0 Å². The summed E-state index contributed by atoms with van der Waals surface area (Å²) in [4.78, 5) is 31.4. The van der Waals surface area contributed by atoms with Crippen LogP contribution in [0.15, 0.2) is 34.1 Å². The number of hydrogen-bond acceptors (Lipinski definition) is 7. The number of aliphatic imine (C=N–C) groups is 1. The van der Waals surface area contributed by atoms with Crippen LogP contribution in [0.1, 0.15) is 54.6 Å². The maximum absolute atomic E-state index is 12.2. The van der Waals surface area contributed by atoms with Crippen molar-refractivity contribution in [2.24, 2.45) is 19.1 Å². The summed E-state index contributed by atoms with van der Waals surface area (Å²) in [5, 5.41) is 0.710. The minimum absolute atomic E-state index is 0.0496. The van der Waals surface area contributed by atoms with E-state index in [2.05, 4.69) is 16.8 Å². The third kappa shape index (κ3) is 9.10. The molecule has 9 heteroatoms. The zero-order chi connectivity index (χ0) is 26.7. The minimum Gasteiger partial charge on any atom is -0.379 e. The molecule has 1 aliphatic heterocycles. The number of carbonyl (C=O) groups excluding carboxylic acids is 1. The molecule has 1 aromatic heterocycles. The summed E-state index contributed by atoms with van der Waals surface area (Å²) in [6.45, 7) is 13.3. The predicted octanol–water partition coefficient (Wildman–Crippen LogP) is 5.24. The van der Waals surface area contributed by atoms with Crippen molar-refractivity contribution in [2.75, 3.05) is 38.6 Å². The molecule has 0 bridgehead atoms. The van der Waals surface area contributed by atoms with E-state index in [-0.39, 0.29) is 11.5 Å². The van der Waals surface area contributed by atoms with E-state index in [1.807, 2.05) is 45.0 Å². The highest BCUT2D eigenvalue weighted by Gasteiger charge is 2.11. The zero-order valence-electron chi connectivity index (χ0n) is 22.5. The molecule has 3 rings (SSSR count).